The van der Waals surface area contributed by atoms with Crippen molar-refractivity contribution in [2.24, 2.45) is 5.92 Å². The zero-order valence-corrected chi connectivity index (χ0v) is 16.3. The van der Waals surface area contributed by atoms with Gasteiger partial charge in [0.2, 0.25) is 0 Å². The van der Waals surface area contributed by atoms with E-state index in [1.807, 2.05) is 22.7 Å². The molecule has 2 aliphatic rings. The van der Waals surface area contributed by atoms with Crippen LogP contribution in [0.4, 0.5) is 5.82 Å². The molecular formula is C22H28N6. The van der Waals surface area contributed by atoms with Gasteiger partial charge in [0.15, 0.2) is 0 Å². The molecule has 0 atom stereocenters. The number of anilines is 1. The minimum Gasteiger partial charge on any atom is -0.367 e. The second-order valence-corrected chi connectivity index (χ2v) is 8.23. The highest BCUT2D eigenvalue weighted by atomic mass is 15.4. The summed E-state index contributed by atoms with van der Waals surface area (Å²) in [7, 11) is 0. The first kappa shape index (κ1) is 17.6. The van der Waals surface area contributed by atoms with E-state index >= 15 is 0 Å². The van der Waals surface area contributed by atoms with Gasteiger partial charge in [-0.05, 0) is 31.6 Å². The van der Waals surface area contributed by atoms with Crippen molar-refractivity contribution in [1.29, 1.82) is 0 Å². The van der Waals surface area contributed by atoms with E-state index in [1.165, 1.54) is 58.2 Å². The van der Waals surface area contributed by atoms with Gasteiger partial charge in [-0.15, -0.1) is 0 Å². The Hall–Kier alpha value is -2.47. The SMILES string of the molecule is c1ccc(-c2cc(NC3CCN(CC4CCCC4)CC3)n3ncnc3n2)cc1. The Bertz CT molecular complexity index is 907. The van der Waals surface area contributed by atoms with Crippen LogP contribution in [0.25, 0.3) is 17.0 Å². The zero-order chi connectivity index (χ0) is 18.8. The minimum atomic E-state index is 0.471. The van der Waals surface area contributed by atoms with E-state index in [0.717, 1.165) is 23.0 Å². The summed E-state index contributed by atoms with van der Waals surface area (Å²) < 4.78 is 1.82. The van der Waals surface area contributed by atoms with E-state index in [2.05, 4.69) is 43.5 Å². The Morgan fingerprint density at radius 2 is 1.79 bits per heavy atom. The molecule has 0 radical (unpaired) electrons. The first-order chi connectivity index (χ1) is 13.8. The molecule has 2 aromatic heterocycles. The maximum absolute atomic E-state index is 4.67. The van der Waals surface area contributed by atoms with Crippen molar-refractivity contribution in [3.63, 3.8) is 0 Å². The molecule has 0 bridgehead atoms. The molecule has 6 nitrogen and oxygen atoms in total. The smallest absolute Gasteiger partial charge is 0.254 e. The van der Waals surface area contributed by atoms with Crippen molar-refractivity contribution in [2.75, 3.05) is 25.0 Å². The van der Waals surface area contributed by atoms with Crippen molar-refractivity contribution in [3.05, 3.63) is 42.7 Å². The van der Waals surface area contributed by atoms with Gasteiger partial charge in [-0.3, -0.25) is 0 Å². The maximum Gasteiger partial charge on any atom is 0.254 e. The molecular weight excluding hydrogens is 348 g/mol. The van der Waals surface area contributed by atoms with Gasteiger partial charge in [-0.1, -0.05) is 43.2 Å². The molecule has 1 saturated heterocycles. The van der Waals surface area contributed by atoms with E-state index in [9.17, 15) is 0 Å². The van der Waals surface area contributed by atoms with Crippen molar-refractivity contribution < 1.29 is 0 Å². The molecule has 1 aromatic carbocycles. The molecule has 3 aromatic rings. The molecule has 6 heteroatoms. The lowest BCUT2D eigenvalue weighted by Crippen LogP contribution is -2.41. The van der Waals surface area contributed by atoms with Gasteiger partial charge in [0.05, 0.1) is 5.69 Å². The molecule has 146 valence electrons. The van der Waals surface area contributed by atoms with E-state index in [4.69, 9.17) is 0 Å². The lowest BCUT2D eigenvalue weighted by molar-refractivity contribution is 0.189. The summed E-state index contributed by atoms with van der Waals surface area (Å²) in [5, 5.41) is 8.10. The number of aromatic nitrogens is 4. The van der Waals surface area contributed by atoms with Crippen molar-refractivity contribution >= 4 is 11.6 Å². The van der Waals surface area contributed by atoms with Crippen LogP contribution in [-0.2, 0) is 0 Å². The number of hydrogen-bond acceptors (Lipinski definition) is 5. The average Bonchev–Trinajstić information content (AvgIpc) is 3.42. The number of benzene rings is 1. The number of nitrogens with zero attached hydrogens (tertiary/aromatic N) is 5. The molecule has 0 spiro atoms. The first-order valence-corrected chi connectivity index (χ1v) is 10.6. The number of fused-ring (bicyclic) bond motifs is 1. The minimum absolute atomic E-state index is 0.471. The molecule has 1 aliphatic carbocycles. The largest absolute Gasteiger partial charge is 0.367 e. The van der Waals surface area contributed by atoms with Gasteiger partial charge in [0.1, 0.15) is 12.1 Å². The lowest BCUT2D eigenvalue weighted by atomic mass is 10.0. The quantitative estimate of drug-likeness (QED) is 0.733. The Labute approximate surface area is 166 Å². The molecule has 28 heavy (non-hydrogen) atoms. The van der Waals surface area contributed by atoms with E-state index in [1.54, 1.807) is 6.33 Å². The molecule has 1 aliphatic heterocycles. The number of piperidine rings is 1. The van der Waals surface area contributed by atoms with Crippen LogP contribution in [-0.4, -0.2) is 50.2 Å². The van der Waals surface area contributed by atoms with Gasteiger partial charge in [-0.25, -0.2) is 4.98 Å². The lowest BCUT2D eigenvalue weighted by Gasteiger charge is -2.34. The first-order valence-electron chi connectivity index (χ1n) is 10.6. The fourth-order valence-corrected chi connectivity index (χ4v) is 4.70. The molecule has 1 saturated carbocycles. The fraction of sp³-hybridized carbons (Fsp3) is 0.500. The summed E-state index contributed by atoms with van der Waals surface area (Å²) in [5.74, 6) is 2.56. The second kappa shape index (κ2) is 7.87. The van der Waals surface area contributed by atoms with E-state index in [-0.39, 0.29) is 0 Å². The Morgan fingerprint density at radius 3 is 2.57 bits per heavy atom. The molecule has 2 fully saturated rings. The van der Waals surface area contributed by atoms with Gasteiger partial charge in [0, 0.05) is 37.3 Å². The van der Waals surface area contributed by atoms with Crippen LogP contribution in [0, 0.1) is 5.92 Å². The van der Waals surface area contributed by atoms with Crippen LogP contribution in [0.2, 0.25) is 0 Å². The van der Waals surface area contributed by atoms with Crippen LogP contribution in [0.3, 0.4) is 0 Å². The van der Waals surface area contributed by atoms with Gasteiger partial charge < -0.3 is 10.2 Å². The molecule has 0 amide bonds. The third-order valence-electron chi connectivity index (χ3n) is 6.25. The standard InChI is InChI=1S/C22H28N6/c1-2-8-18(9-3-1)20-14-21(28-22(26-20)23-16-24-28)25-19-10-12-27(13-11-19)15-17-6-4-5-7-17/h1-3,8-9,14,16-17,19,25H,4-7,10-13,15H2. The predicted octanol–water partition coefficient (Wildman–Crippen LogP) is 3.86. The summed E-state index contributed by atoms with van der Waals surface area (Å²) in [6.45, 7) is 3.67. The van der Waals surface area contributed by atoms with Gasteiger partial charge in [-0.2, -0.15) is 14.6 Å². The molecule has 0 unspecified atom stereocenters. The summed E-state index contributed by atoms with van der Waals surface area (Å²) in [6, 6.07) is 12.8. The number of rotatable bonds is 5. The van der Waals surface area contributed by atoms with Crippen molar-refractivity contribution in [3.8, 4) is 11.3 Å². The van der Waals surface area contributed by atoms with Gasteiger partial charge >= 0.3 is 0 Å². The number of likely N-dealkylation sites (tertiary alicyclic amines) is 1. The summed E-state index contributed by atoms with van der Waals surface area (Å²) >= 11 is 0. The summed E-state index contributed by atoms with van der Waals surface area (Å²) in [6.07, 6.45) is 9.65. The third kappa shape index (κ3) is 3.74. The van der Waals surface area contributed by atoms with Crippen molar-refractivity contribution in [2.45, 2.75) is 44.6 Å². The Kier molecular flexibility index (Phi) is 4.95. The van der Waals surface area contributed by atoms with Crippen LogP contribution >= 0.6 is 0 Å². The normalized spacial score (nSPS) is 19.4. The van der Waals surface area contributed by atoms with Crippen molar-refractivity contribution in [1.82, 2.24) is 24.5 Å². The zero-order valence-electron chi connectivity index (χ0n) is 16.3. The van der Waals surface area contributed by atoms with Gasteiger partial charge in [0.25, 0.3) is 5.78 Å². The second-order valence-electron chi connectivity index (χ2n) is 8.23. The van der Waals surface area contributed by atoms with E-state index in [0.29, 0.717) is 11.8 Å². The number of hydrogen-bond donors (Lipinski definition) is 1. The Morgan fingerprint density at radius 1 is 1.00 bits per heavy atom. The topological polar surface area (TPSA) is 58.4 Å². The highest BCUT2D eigenvalue weighted by Crippen LogP contribution is 2.27. The molecule has 3 heterocycles. The third-order valence-corrected chi connectivity index (χ3v) is 6.25. The highest BCUT2D eigenvalue weighted by molar-refractivity contribution is 5.65. The van der Waals surface area contributed by atoms with Crippen LogP contribution in [0.1, 0.15) is 38.5 Å². The summed E-state index contributed by atoms with van der Waals surface area (Å²) in [5.41, 5.74) is 2.03. The average molecular weight is 377 g/mol. The maximum atomic E-state index is 4.67. The Balaban J connectivity index is 1.29. The summed E-state index contributed by atoms with van der Waals surface area (Å²) in [4.78, 5) is 11.7. The number of nitrogens with one attached hydrogen (secondary N) is 1. The van der Waals surface area contributed by atoms with E-state index < -0.39 is 0 Å². The molecule has 1 N–H and O–H groups in total. The monoisotopic (exact) mass is 376 g/mol. The van der Waals surface area contributed by atoms with Crippen LogP contribution in [0.5, 0.6) is 0 Å². The van der Waals surface area contributed by atoms with Crippen LogP contribution < -0.4 is 5.32 Å². The molecule has 5 rings (SSSR count). The van der Waals surface area contributed by atoms with Crippen LogP contribution in [0.15, 0.2) is 42.7 Å². The fourth-order valence-electron chi connectivity index (χ4n) is 4.70. The highest BCUT2D eigenvalue weighted by Gasteiger charge is 2.24. The predicted molar refractivity (Wildman–Crippen MR) is 111 cm³/mol.